The normalized spacial score (nSPS) is 13.2. The minimum absolute atomic E-state index is 0.0241. The Balaban J connectivity index is 1.43. The molecule has 1 aliphatic carbocycles. The molecule has 30 heavy (non-hydrogen) atoms. The Hall–Kier alpha value is -3.87. The molecule has 1 aliphatic rings. The summed E-state index contributed by atoms with van der Waals surface area (Å²) in [6.45, 7) is 0.102. The van der Waals surface area contributed by atoms with Crippen LogP contribution in [0.25, 0.3) is 11.1 Å². The number of nitrogens with one attached hydrogen (secondary N) is 2. The summed E-state index contributed by atoms with van der Waals surface area (Å²) in [4.78, 5) is 37.5. The van der Waals surface area contributed by atoms with Crippen LogP contribution in [0.5, 0.6) is 0 Å². The molecule has 1 atom stereocenters. The highest BCUT2D eigenvalue weighted by atomic mass is 16.5. The summed E-state index contributed by atoms with van der Waals surface area (Å²) in [7, 11) is 0. The van der Waals surface area contributed by atoms with E-state index in [0.29, 0.717) is 5.56 Å². The molecule has 152 valence electrons. The molecule has 1 amide bonds. The number of rotatable bonds is 6. The van der Waals surface area contributed by atoms with Gasteiger partial charge in [0.1, 0.15) is 12.6 Å². The van der Waals surface area contributed by atoms with Gasteiger partial charge in [-0.15, -0.1) is 0 Å². The lowest BCUT2D eigenvalue weighted by molar-refractivity contribution is -0.139. The molecular weight excluding hydrogens is 384 g/mol. The number of hydrogen-bond acceptors (Lipinski definition) is 4. The standard InChI is InChI=1S/C23H20N2O5/c26-21-10-9-14(12-24-21)11-20(22(27)28)25-23(29)30-13-19-17-7-3-1-5-15(17)16-6-2-4-8-18(16)19/h1-10,12,19-20H,11,13H2,(H,24,26)(H,25,29)(H,27,28)/t20-/m1/s1. The second-order valence-electron chi connectivity index (χ2n) is 7.13. The van der Waals surface area contributed by atoms with Gasteiger partial charge in [-0.2, -0.15) is 0 Å². The summed E-state index contributed by atoms with van der Waals surface area (Å²) < 4.78 is 5.41. The molecule has 2 aromatic carbocycles. The van der Waals surface area contributed by atoms with Gasteiger partial charge in [0.25, 0.3) is 0 Å². The number of alkyl carbamates (subject to hydrolysis) is 1. The van der Waals surface area contributed by atoms with Gasteiger partial charge in [-0.1, -0.05) is 54.6 Å². The van der Waals surface area contributed by atoms with E-state index in [9.17, 15) is 19.5 Å². The van der Waals surface area contributed by atoms with Gasteiger partial charge in [-0.3, -0.25) is 4.79 Å². The van der Waals surface area contributed by atoms with E-state index in [1.165, 1.54) is 18.3 Å². The number of aromatic amines is 1. The number of carboxylic acid groups (broad SMARTS) is 1. The fraction of sp³-hybridized carbons (Fsp3) is 0.174. The molecule has 0 saturated carbocycles. The van der Waals surface area contributed by atoms with Crippen LogP contribution >= 0.6 is 0 Å². The molecule has 7 heteroatoms. The minimum atomic E-state index is -1.19. The molecule has 3 aromatic rings. The van der Waals surface area contributed by atoms with Crippen LogP contribution < -0.4 is 10.9 Å². The molecular formula is C23H20N2O5. The van der Waals surface area contributed by atoms with E-state index in [0.717, 1.165) is 22.3 Å². The first-order valence-electron chi connectivity index (χ1n) is 9.55. The van der Waals surface area contributed by atoms with E-state index in [2.05, 4.69) is 10.3 Å². The molecule has 4 rings (SSSR count). The molecule has 3 N–H and O–H groups in total. The van der Waals surface area contributed by atoms with Crippen molar-refractivity contribution in [1.82, 2.24) is 10.3 Å². The fourth-order valence-corrected chi connectivity index (χ4v) is 3.79. The number of benzene rings is 2. The Morgan fingerprint density at radius 2 is 1.63 bits per heavy atom. The van der Waals surface area contributed by atoms with Crippen LogP contribution in [-0.2, 0) is 16.0 Å². The van der Waals surface area contributed by atoms with Gasteiger partial charge in [0.15, 0.2) is 0 Å². The number of aromatic nitrogens is 1. The maximum atomic E-state index is 12.3. The molecule has 0 spiro atoms. The third kappa shape index (κ3) is 3.96. The molecule has 0 unspecified atom stereocenters. The Morgan fingerprint density at radius 1 is 1.00 bits per heavy atom. The molecule has 0 saturated heterocycles. The van der Waals surface area contributed by atoms with Crippen molar-refractivity contribution >= 4 is 12.1 Å². The van der Waals surface area contributed by atoms with E-state index >= 15 is 0 Å². The largest absolute Gasteiger partial charge is 0.480 e. The van der Waals surface area contributed by atoms with Gasteiger partial charge in [-0.25, -0.2) is 9.59 Å². The van der Waals surface area contributed by atoms with Crippen LogP contribution in [0.4, 0.5) is 4.79 Å². The predicted octanol–water partition coefficient (Wildman–Crippen LogP) is 2.91. The number of pyridine rings is 1. The SMILES string of the molecule is O=C(N[C@H](Cc1ccc(=O)[nH]c1)C(=O)O)OCC1c2ccccc2-c2ccccc21. The van der Waals surface area contributed by atoms with Gasteiger partial charge >= 0.3 is 12.1 Å². The molecule has 7 nitrogen and oxygen atoms in total. The maximum absolute atomic E-state index is 12.3. The number of carbonyl (C=O) groups excluding carboxylic acids is 1. The number of carbonyl (C=O) groups is 2. The zero-order valence-corrected chi connectivity index (χ0v) is 16.0. The molecule has 0 radical (unpaired) electrons. The summed E-state index contributed by atoms with van der Waals surface area (Å²) in [5, 5.41) is 11.8. The van der Waals surface area contributed by atoms with Crippen LogP contribution in [0.1, 0.15) is 22.6 Å². The van der Waals surface area contributed by atoms with Gasteiger partial charge in [0.05, 0.1) is 0 Å². The minimum Gasteiger partial charge on any atom is -0.480 e. The summed E-state index contributed by atoms with van der Waals surface area (Å²) in [5.41, 5.74) is 4.69. The lowest BCUT2D eigenvalue weighted by Gasteiger charge is -2.17. The molecule has 1 heterocycles. The van der Waals surface area contributed by atoms with Crippen LogP contribution in [0.3, 0.4) is 0 Å². The highest BCUT2D eigenvalue weighted by Gasteiger charge is 2.29. The molecule has 1 aromatic heterocycles. The number of hydrogen-bond donors (Lipinski definition) is 3. The monoisotopic (exact) mass is 404 g/mol. The highest BCUT2D eigenvalue weighted by Crippen LogP contribution is 2.44. The van der Waals surface area contributed by atoms with E-state index < -0.39 is 18.1 Å². The smallest absolute Gasteiger partial charge is 0.407 e. The molecule has 0 fully saturated rings. The van der Waals surface area contributed by atoms with E-state index in [1.807, 2.05) is 48.5 Å². The Bertz CT molecular complexity index is 1090. The Labute approximate surface area is 172 Å². The Morgan fingerprint density at radius 3 is 2.20 bits per heavy atom. The topological polar surface area (TPSA) is 108 Å². The zero-order valence-electron chi connectivity index (χ0n) is 16.0. The second-order valence-corrected chi connectivity index (χ2v) is 7.13. The maximum Gasteiger partial charge on any atom is 0.407 e. The first-order chi connectivity index (χ1) is 14.5. The van der Waals surface area contributed by atoms with E-state index in [1.54, 1.807) is 0 Å². The van der Waals surface area contributed by atoms with Crippen molar-refractivity contribution in [2.24, 2.45) is 0 Å². The number of fused-ring (bicyclic) bond motifs is 3. The van der Waals surface area contributed by atoms with Gasteiger partial charge < -0.3 is 20.1 Å². The summed E-state index contributed by atoms with van der Waals surface area (Å²) in [6.07, 6.45) is 0.655. The Kier molecular flexibility index (Phi) is 5.34. The number of aliphatic carboxylic acids is 1. The summed E-state index contributed by atoms with van der Waals surface area (Å²) >= 11 is 0. The average Bonchev–Trinajstić information content (AvgIpc) is 3.07. The van der Waals surface area contributed by atoms with Crippen molar-refractivity contribution < 1.29 is 19.4 Å². The number of carboxylic acids is 1. The van der Waals surface area contributed by atoms with Crippen molar-refractivity contribution in [2.75, 3.05) is 6.61 Å². The lowest BCUT2D eigenvalue weighted by atomic mass is 9.98. The highest BCUT2D eigenvalue weighted by molar-refractivity contribution is 5.81. The van der Waals surface area contributed by atoms with Crippen molar-refractivity contribution in [1.29, 1.82) is 0 Å². The summed E-state index contributed by atoms with van der Waals surface area (Å²) in [5.74, 6) is -1.29. The van der Waals surface area contributed by atoms with Crippen molar-refractivity contribution in [3.63, 3.8) is 0 Å². The van der Waals surface area contributed by atoms with E-state index in [4.69, 9.17) is 4.74 Å². The van der Waals surface area contributed by atoms with Crippen LogP contribution in [-0.4, -0.2) is 34.8 Å². The summed E-state index contributed by atoms with van der Waals surface area (Å²) in [6, 6.07) is 17.6. The van der Waals surface area contributed by atoms with Crippen molar-refractivity contribution in [3.05, 3.63) is 93.9 Å². The second kappa shape index (κ2) is 8.24. The van der Waals surface area contributed by atoms with Crippen LogP contribution in [0.15, 0.2) is 71.7 Å². The first kappa shape index (κ1) is 19.4. The first-order valence-corrected chi connectivity index (χ1v) is 9.55. The predicted molar refractivity (Wildman–Crippen MR) is 110 cm³/mol. The van der Waals surface area contributed by atoms with Crippen molar-refractivity contribution in [3.8, 4) is 11.1 Å². The van der Waals surface area contributed by atoms with Gasteiger partial charge in [-0.05, 0) is 27.8 Å². The number of H-pyrrole nitrogens is 1. The lowest BCUT2D eigenvalue weighted by Crippen LogP contribution is -2.43. The quantitative estimate of drug-likeness (QED) is 0.585. The van der Waals surface area contributed by atoms with Gasteiger partial charge in [0.2, 0.25) is 5.56 Å². The van der Waals surface area contributed by atoms with Crippen LogP contribution in [0, 0.1) is 0 Å². The molecule has 0 bridgehead atoms. The molecule has 0 aliphatic heterocycles. The van der Waals surface area contributed by atoms with E-state index in [-0.39, 0.29) is 24.5 Å². The van der Waals surface area contributed by atoms with Crippen LogP contribution in [0.2, 0.25) is 0 Å². The zero-order chi connectivity index (χ0) is 21.1. The van der Waals surface area contributed by atoms with Crippen molar-refractivity contribution in [2.45, 2.75) is 18.4 Å². The van der Waals surface area contributed by atoms with Gasteiger partial charge in [0, 0.05) is 24.6 Å². The number of amides is 1. The number of ether oxygens (including phenoxy) is 1. The fourth-order valence-electron chi connectivity index (χ4n) is 3.79. The third-order valence-corrected chi connectivity index (χ3v) is 5.22. The third-order valence-electron chi connectivity index (χ3n) is 5.22. The average molecular weight is 404 g/mol.